The van der Waals surface area contributed by atoms with Gasteiger partial charge >= 0.3 is 0 Å². The van der Waals surface area contributed by atoms with E-state index in [-0.39, 0.29) is 24.2 Å². The van der Waals surface area contributed by atoms with Crippen molar-refractivity contribution in [2.75, 3.05) is 19.8 Å². The second-order valence-corrected chi connectivity index (χ2v) is 6.11. The van der Waals surface area contributed by atoms with Crippen molar-refractivity contribution in [1.29, 1.82) is 0 Å². The van der Waals surface area contributed by atoms with Crippen LogP contribution in [0, 0.1) is 0 Å². The minimum Gasteiger partial charge on any atom is -0.372 e. The maximum Gasteiger partial charge on any atom is 0.249 e. The number of carbonyl (C=O) groups excluding carboxylic acids is 1. The molecule has 2 fully saturated rings. The maximum atomic E-state index is 12.8. The second kappa shape index (κ2) is 6.75. The highest BCUT2D eigenvalue weighted by atomic mass is 16.5. The lowest BCUT2D eigenvalue weighted by Crippen LogP contribution is -2.54. The van der Waals surface area contributed by atoms with E-state index in [4.69, 9.17) is 9.47 Å². The van der Waals surface area contributed by atoms with Crippen molar-refractivity contribution in [2.45, 2.75) is 56.8 Å². The van der Waals surface area contributed by atoms with Crippen LogP contribution in [0.5, 0.6) is 0 Å². The van der Waals surface area contributed by atoms with Crippen LogP contribution in [0.1, 0.15) is 38.5 Å². The lowest BCUT2D eigenvalue weighted by molar-refractivity contribution is -0.147. The molecule has 0 aromatic carbocycles. The topological polar surface area (TPSA) is 38.8 Å². The van der Waals surface area contributed by atoms with Gasteiger partial charge in [-0.2, -0.15) is 0 Å². The van der Waals surface area contributed by atoms with Crippen molar-refractivity contribution in [3.05, 3.63) is 24.3 Å². The zero-order chi connectivity index (χ0) is 14.7. The number of hydrogen-bond donors (Lipinski definition) is 0. The highest BCUT2D eigenvalue weighted by Crippen LogP contribution is 2.33. The molecule has 1 saturated carbocycles. The Balaban J connectivity index is 1.68. The van der Waals surface area contributed by atoms with Crippen LogP contribution in [-0.2, 0) is 14.3 Å². The minimum absolute atomic E-state index is 0.0341. The van der Waals surface area contributed by atoms with Gasteiger partial charge in [-0.25, -0.2) is 0 Å². The zero-order valence-electron chi connectivity index (χ0n) is 12.6. The number of nitrogens with zero attached hydrogens (tertiary/aromatic N) is 1. The first-order valence-electron chi connectivity index (χ1n) is 8.15. The highest BCUT2D eigenvalue weighted by Gasteiger charge is 2.45. The lowest BCUT2D eigenvalue weighted by Gasteiger charge is -2.39. The van der Waals surface area contributed by atoms with Crippen molar-refractivity contribution < 1.29 is 14.3 Å². The Bertz CT molecular complexity index is 432. The molecule has 3 rings (SSSR count). The molecule has 0 aromatic heterocycles. The summed E-state index contributed by atoms with van der Waals surface area (Å²) >= 11 is 0. The van der Waals surface area contributed by atoms with Crippen LogP contribution in [0.3, 0.4) is 0 Å². The average molecular weight is 291 g/mol. The predicted octanol–water partition coefficient (Wildman–Crippen LogP) is 2.45. The monoisotopic (exact) mass is 291 g/mol. The first kappa shape index (κ1) is 14.8. The standard InChI is InChI=1S/C17H25NO3/c1-2-11-20-15-9-8-14-16(15)21-12-10-18(14)17(19)13-6-4-3-5-7-13/h2,6,14-16H,1,3-5,7-12H2/t14-,15+,16+/m0/s1. The van der Waals surface area contributed by atoms with Gasteiger partial charge < -0.3 is 14.4 Å². The Morgan fingerprint density at radius 1 is 1.48 bits per heavy atom. The van der Waals surface area contributed by atoms with Gasteiger partial charge in [0.25, 0.3) is 0 Å². The molecule has 116 valence electrons. The van der Waals surface area contributed by atoms with Gasteiger partial charge in [0.1, 0.15) is 6.10 Å². The molecule has 1 heterocycles. The molecule has 3 aliphatic rings. The summed E-state index contributed by atoms with van der Waals surface area (Å²) in [5.74, 6) is 0.234. The SMILES string of the molecule is C=CCO[C@@H]1CC[C@H]2[C@H]1OCCN2C(=O)C1=CCCCC1. The molecule has 0 unspecified atom stereocenters. The summed E-state index contributed by atoms with van der Waals surface area (Å²) < 4.78 is 11.7. The normalized spacial score (nSPS) is 32.5. The number of allylic oxidation sites excluding steroid dienone is 1. The largest absolute Gasteiger partial charge is 0.372 e. The molecule has 0 aromatic rings. The highest BCUT2D eigenvalue weighted by molar-refractivity contribution is 5.93. The molecular weight excluding hydrogens is 266 g/mol. The first-order valence-corrected chi connectivity index (χ1v) is 8.15. The van der Waals surface area contributed by atoms with Gasteiger partial charge in [-0.15, -0.1) is 6.58 Å². The van der Waals surface area contributed by atoms with Crippen LogP contribution in [0.4, 0.5) is 0 Å². The van der Waals surface area contributed by atoms with Gasteiger partial charge in [0, 0.05) is 12.1 Å². The van der Waals surface area contributed by atoms with Crippen LogP contribution in [-0.4, -0.2) is 48.8 Å². The van der Waals surface area contributed by atoms with Gasteiger partial charge in [0.2, 0.25) is 5.91 Å². The van der Waals surface area contributed by atoms with E-state index >= 15 is 0 Å². The molecular formula is C17H25NO3. The third-order valence-electron chi connectivity index (χ3n) is 4.79. The molecule has 1 saturated heterocycles. The van der Waals surface area contributed by atoms with Crippen LogP contribution < -0.4 is 0 Å². The molecule has 0 N–H and O–H groups in total. The van der Waals surface area contributed by atoms with Crippen molar-refractivity contribution in [3.8, 4) is 0 Å². The Labute approximate surface area is 126 Å². The fourth-order valence-electron chi connectivity index (χ4n) is 3.75. The van der Waals surface area contributed by atoms with Crippen LogP contribution in [0.15, 0.2) is 24.3 Å². The third kappa shape index (κ3) is 3.06. The van der Waals surface area contributed by atoms with Gasteiger partial charge in [0.05, 0.1) is 25.4 Å². The number of ether oxygens (including phenoxy) is 2. The summed E-state index contributed by atoms with van der Waals surface area (Å²) in [7, 11) is 0. The first-order chi connectivity index (χ1) is 10.3. The number of amides is 1. The van der Waals surface area contributed by atoms with E-state index in [2.05, 4.69) is 12.7 Å². The van der Waals surface area contributed by atoms with E-state index in [1.54, 1.807) is 6.08 Å². The fraction of sp³-hybridized carbons (Fsp3) is 0.706. The molecule has 1 amide bonds. The smallest absolute Gasteiger partial charge is 0.249 e. The van der Waals surface area contributed by atoms with E-state index in [1.165, 1.54) is 6.42 Å². The van der Waals surface area contributed by atoms with Crippen LogP contribution in [0.2, 0.25) is 0 Å². The van der Waals surface area contributed by atoms with Gasteiger partial charge in [-0.1, -0.05) is 12.2 Å². The summed E-state index contributed by atoms with van der Waals surface area (Å²) in [6.45, 7) is 5.58. The van der Waals surface area contributed by atoms with E-state index in [0.29, 0.717) is 19.8 Å². The fourth-order valence-corrected chi connectivity index (χ4v) is 3.75. The quantitative estimate of drug-likeness (QED) is 0.747. The van der Waals surface area contributed by atoms with Gasteiger partial charge in [-0.05, 0) is 38.5 Å². The van der Waals surface area contributed by atoms with Crippen LogP contribution in [0.25, 0.3) is 0 Å². The lowest BCUT2D eigenvalue weighted by atomic mass is 9.97. The van der Waals surface area contributed by atoms with Crippen LogP contribution >= 0.6 is 0 Å². The molecule has 4 nitrogen and oxygen atoms in total. The number of fused-ring (bicyclic) bond motifs is 1. The Hall–Kier alpha value is -1.13. The second-order valence-electron chi connectivity index (χ2n) is 6.11. The zero-order valence-corrected chi connectivity index (χ0v) is 12.6. The van der Waals surface area contributed by atoms with E-state index in [0.717, 1.165) is 37.7 Å². The Morgan fingerprint density at radius 2 is 2.38 bits per heavy atom. The molecule has 0 bridgehead atoms. The number of morpholine rings is 1. The van der Waals surface area contributed by atoms with Gasteiger partial charge in [-0.3, -0.25) is 4.79 Å². The molecule has 21 heavy (non-hydrogen) atoms. The van der Waals surface area contributed by atoms with E-state index < -0.39 is 0 Å². The molecule has 1 aliphatic heterocycles. The van der Waals surface area contributed by atoms with Gasteiger partial charge in [0.15, 0.2) is 0 Å². The Morgan fingerprint density at radius 3 is 3.14 bits per heavy atom. The molecule has 0 radical (unpaired) electrons. The van der Waals surface area contributed by atoms with Crippen molar-refractivity contribution in [2.24, 2.45) is 0 Å². The maximum absolute atomic E-state index is 12.8. The summed E-state index contributed by atoms with van der Waals surface area (Å²) in [6, 6.07) is 0.184. The van der Waals surface area contributed by atoms with Crippen molar-refractivity contribution in [3.63, 3.8) is 0 Å². The predicted molar refractivity (Wildman–Crippen MR) is 81.0 cm³/mol. The number of hydrogen-bond acceptors (Lipinski definition) is 3. The molecule has 0 spiro atoms. The molecule has 2 aliphatic carbocycles. The average Bonchev–Trinajstić information content (AvgIpc) is 2.96. The van der Waals surface area contributed by atoms with Crippen molar-refractivity contribution in [1.82, 2.24) is 4.90 Å². The van der Waals surface area contributed by atoms with E-state index in [1.807, 2.05) is 4.90 Å². The van der Waals surface area contributed by atoms with E-state index in [9.17, 15) is 4.79 Å². The summed E-state index contributed by atoms with van der Waals surface area (Å²) in [6.07, 6.45) is 10.3. The summed E-state index contributed by atoms with van der Waals surface area (Å²) in [5, 5.41) is 0. The molecule has 3 atom stereocenters. The number of carbonyl (C=O) groups is 1. The third-order valence-corrected chi connectivity index (χ3v) is 4.79. The minimum atomic E-state index is 0.0341. The number of rotatable bonds is 4. The van der Waals surface area contributed by atoms with Crippen molar-refractivity contribution >= 4 is 5.91 Å². The molecule has 4 heteroatoms. The Kier molecular flexibility index (Phi) is 4.76. The summed E-state index contributed by atoms with van der Waals surface area (Å²) in [5.41, 5.74) is 1.01. The summed E-state index contributed by atoms with van der Waals surface area (Å²) in [4.78, 5) is 14.8.